The number of para-hydroxylation sites is 1. The van der Waals surface area contributed by atoms with Gasteiger partial charge in [0.1, 0.15) is 11.6 Å². The number of ether oxygens (including phenoxy) is 1. The highest BCUT2D eigenvalue weighted by Gasteiger charge is 2.66. The van der Waals surface area contributed by atoms with Gasteiger partial charge in [0.2, 0.25) is 17.6 Å². The third kappa shape index (κ3) is 6.50. The standard InChI is InChI=1S/C38H47N3O9/c1-36-14-11-24(42)18-23(36)7-8-26-27(36)12-15-37(2)28(26)13-16-38(37,49)31(43)21-50-34(46)10-9-32(44)40-20-33(45)41-30(35(47)48)17-22-19-39-29-6-4-3-5-25(22)29/h3-6,18-19,26-28,30,39,49H,7-17,20-21H2,1-2H3,(H,40,44)(H,41,45)(H,47,48)/t26-,27+,28+,30+,36-,37-,38-/m0/s1. The highest BCUT2D eigenvalue weighted by Crippen LogP contribution is 2.67. The largest absolute Gasteiger partial charge is 0.480 e. The molecule has 5 N–H and O–H groups in total. The number of Topliss-reactive ketones (excluding diaryl/α,β-unsaturated/α-hetero) is 1. The lowest BCUT2D eigenvalue weighted by molar-refractivity contribution is -0.170. The number of hydrogen-bond acceptors (Lipinski definition) is 8. The Morgan fingerprint density at radius 3 is 2.52 bits per heavy atom. The SMILES string of the molecule is C[C@]12CCC(=O)C=C1CC[C@H]1[C@H]2CC[C@@]2(C)[C@@H]1CC[C@]2(O)C(=O)COC(=O)CCC(=O)NCC(=O)N[C@H](Cc1c[nH]c2ccccc12)C(=O)O. The number of carbonyl (C=O) groups excluding carboxylic acids is 5. The minimum atomic E-state index is -1.62. The fraction of sp³-hybridized carbons (Fsp3) is 0.579. The fourth-order valence-corrected chi connectivity index (χ4v) is 9.82. The lowest BCUT2D eigenvalue weighted by atomic mass is 9.46. The Hall–Kier alpha value is -4.32. The monoisotopic (exact) mass is 689 g/mol. The summed E-state index contributed by atoms with van der Waals surface area (Å²) in [7, 11) is 0. The summed E-state index contributed by atoms with van der Waals surface area (Å²) in [5, 5.41) is 27.2. The van der Waals surface area contributed by atoms with Crippen molar-refractivity contribution in [1.82, 2.24) is 15.6 Å². The number of aliphatic hydroxyl groups is 1. The number of aromatic nitrogens is 1. The van der Waals surface area contributed by atoms with Crippen molar-refractivity contribution < 1.29 is 43.7 Å². The Kier molecular flexibility index (Phi) is 9.78. The van der Waals surface area contributed by atoms with Crippen LogP contribution in [0.1, 0.15) is 83.6 Å². The van der Waals surface area contributed by atoms with Gasteiger partial charge in [0.15, 0.2) is 12.4 Å². The Morgan fingerprint density at radius 2 is 1.74 bits per heavy atom. The number of rotatable bonds is 12. The van der Waals surface area contributed by atoms with E-state index in [9.17, 15) is 39.0 Å². The Balaban J connectivity index is 0.945. The molecule has 1 aromatic carbocycles. The minimum Gasteiger partial charge on any atom is -0.480 e. The number of aromatic amines is 1. The van der Waals surface area contributed by atoms with E-state index in [4.69, 9.17) is 4.74 Å². The van der Waals surface area contributed by atoms with Crippen molar-refractivity contribution in [3.8, 4) is 0 Å². The zero-order valence-electron chi connectivity index (χ0n) is 28.7. The maximum absolute atomic E-state index is 13.5. The quantitative estimate of drug-likeness (QED) is 0.207. The molecule has 0 spiro atoms. The van der Waals surface area contributed by atoms with Gasteiger partial charge in [0.05, 0.1) is 13.0 Å². The number of aliphatic carboxylic acids is 1. The average Bonchev–Trinajstić information content (AvgIpc) is 3.63. The second kappa shape index (κ2) is 13.8. The van der Waals surface area contributed by atoms with Crippen LogP contribution in [-0.2, 0) is 39.9 Å². The maximum atomic E-state index is 13.5. The first kappa shape index (κ1) is 35.5. The maximum Gasteiger partial charge on any atom is 0.326 e. The molecule has 4 aliphatic rings. The van der Waals surface area contributed by atoms with Gasteiger partial charge in [-0.2, -0.15) is 0 Å². The summed E-state index contributed by atoms with van der Waals surface area (Å²) in [5.41, 5.74) is 0.552. The number of hydrogen-bond donors (Lipinski definition) is 5. The lowest BCUT2D eigenvalue weighted by Crippen LogP contribution is -2.58. The molecule has 0 unspecified atom stereocenters. The van der Waals surface area contributed by atoms with Crippen molar-refractivity contribution in [2.75, 3.05) is 13.2 Å². The van der Waals surface area contributed by atoms with Gasteiger partial charge in [0.25, 0.3) is 0 Å². The highest BCUT2D eigenvalue weighted by atomic mass is 16.5. The molecule has 0 bridgehead atoms. The van der Waals surface area contributed by atoms with Crippen LogP contribution in [0.25, 0.3) is 10.9 Å². The fourth-order valence-electron chi connectivity index (χ4n) is 9.82. The molecule has 7 atom stereocenters. The van der Waals surface area contributed by atoms with Gasteiger partial charge in [-0.1, -0.05) is 37.6 Å². The van der Waals surface area contributed by atoms with Gasteiger partial charge >= 0.3 is 11.9 Å². The van der Waals surface area contributed by atoms with Crippen molar-refractivity contribution >= 4 is 46.2 Å². The van der Waals surface area contributed by atoms with E-state index in [0.29, 0.717) is 37.5 Å². The van der Waals surface area contributed by atoms with Gasteiger partial charge in [0, 0.05) is 41.8 Å². The summed E-state index contributed by atoms with van der Waals surface area (Å²) < 4.78 is 5.23. The zero-order chi connectivity index (χ0) is 35.8. The number of fused-ring (bicyclic) bond motifs is 6. The van der Waals surface area contributed by atoms with E-state index in [1.807, 2.05) is 37.3 Å². The first-order valence-electron chi connectivity index (χ1n) is 17.7. The van der Waals surface area contributed by atoms with Crippen LogP contribution in [0, 0.1) is 28.6 Å². The summed E-state index contributed by atoms with van der Waals surface area (Å²) in [6.07, 6.45) is 8.75. The molecular weight excluding hydrogens is 642 g/mol. The van der Waals surface area contributed by atoms with Crippen LogP contribution < -0.4 is 10.6 Å². The highest BCUT2D eigenvalue weighted by molar-refractivity contribution is 5.93. The molecule has 1 heterocycles. The van der Waals surface area contributed by atoms with Gasteiger partial charge in [-0.05, 0) is 85.8 Å². The van der Waals surface area contributed by atoms with Crippen LogP contribution in [0.5, 0.6) is 0 Å². The van der Waals surface area contributed by atoms with Crippen molar-refractivity contribution in [3.05, 3.63) is 47.7 Å². The first-order chi connectivity index (χ1) is 23.7. The Bertz CT molecular complexity index is 1750. The van der Waals surface area contributed by atoms with Gasteiger partial charge in [-0.3, -0.25) is 24.0 Å². The van der Waals surface area contributed by atoms with Crippen molar-refractivity contribution in [2.24, 2.45) is 28.6 Å². The van der Waals surface area contributed by atoms with E-state index >= 15 is 0 Å². The molecule has 6 rings (SSSR count). The molecule has 50 heavy (non-hydrogen) atoms. The topological polar surface area (TPSA) is 192 Å². The van der Waals surface area contributed by atoms with Gasteiger partial charge in [-0.25, -0.2) is 4.79 Å². The number of H-pyrrole nitrogens is 1. The van der Waals surface area contributed by atoms with E-state index in [1.54, 1.807) is 6.20 Å². The Morgan fingerprint density at radius 1 is 0.980 bits per heavy atom. The molecule has 0 aliphatic heterocycles. The number of allylic oxidation sites excluding steroid dienone is 1. The molecule has 4 aliphatic carbocycles. The average molecular weight is 690 g/mol. The summed E-state index contributed by atoms with van der Waals surface area (Å²) in [5.74, 6) is -2.71. The molecule has 3 saturated carbocycles. The van der Waals surface area contributed by atoms with Crippen molar-refractivity contribution in [2.45, 2.75) is 96.1 Å². The van der Waals surface area contributed by atoms with Crippen LogP contribution in [-0.4, -0.2) is 75.3 Å². The minimum absolute atomic E-state index is 0.0200. The van der Waals surface area contributed by atoms with Crippen LogP contribution in [0.3, 0.4) is 0 Å². The molecule has 3 fully saturated rings. The number of amides is 2. The van der Waals surface area contributed by atoms with Crippen LogP contribution in [0.4, 0.5) is 0 Å². The number of benzene rings is 1. The Labute approximate surface area is 290 Å². The smallest absolute Gasteiger partial charge is 0.326 e. The number of esters is 1. The lowest BCUT2D eigenvalue weighted by Gasteiger charge is -2.58. The van der Waals surface area contributed by atoms with Crippen molar-refractivity contribution in [3.63, 3.8) is 0 Å². The van der Waals surface area contributed by atoms with Crippen LogP contribution in [0.15, 0.2) is 42.1 Å². The number of ketones is 2. The first-order valence-corrected chi connectivity index (χ1v) is 17.7. The number of carbonyl (C=O) groups is 6. The second-order valence-electron chi connectivity index (χ2n) is 15.2. The molecule has 12 nitrogen and oxygen atoms in total. The summed E-state index contributed by atoms with van der Waals surface area (Å²) in [4.78, 5) is 77.9. The molecule has 0 radical (unpaired) electrons. The van der Waals surface area contributed by atoms with Crippen molar-refractivity contribution in [1.29, 1.82) is 0 Å². The van der Waals surface area contributed by atoms with E-state index < -0.39 is 59.7 Å². The second-order valence-corrected chi connectivity index (χ2v) is 15.2. The third-order valence-corrected chi connectivity index (χ3v) is 12.7. The molecule has 12 heteroatoms. The third-order valence-electron chi connectivity index (χ3n) is 12.7. The number of carboxylic acid groups (broad SMARTS) is 1. The molecule has 268 valence electrons. The molecule has 1 aromatic heterocycles. The van der Waals surface area contributed by atoms with Gasteiger partial charge in [-0.15, -0.1) is 0 Å². The summed E-state index contributed by atoms with van der Waals surface area (Å²) >= 11 is 0. The number of nitrogens with one attached hydrogen (secondary N) is 3. The molecule has 2 aromatic rings. The van der Waals surface area contributed by atoms with Crippen LogP contribution in [0.2, 0.25) is 0 Å². The summed E-state index contributed by atoms with van der Waals surface area (Å²) in [6, 6.07) is 6.19. The van der Waals surface area contributed by atoms with E-state index in [1.165, 1.54) is 5.57 Å². The summed E-state index contributed by atoms with van der Waals surface area (Å²) in [6.45, 7) is 3.22. The van der Waals surface area contributed by atoms with Gasteiger partial charge < -0.3 is 30.6 Å². The predicted molar refractivity (Wildman–Crippen MR) is 181 cm³/mol. The molecule has 2 amide bonds. The normalized spacial score (nSPS) is 30.7. The van der Waals surface area contributed by atoms with E-state index in [0.717, 1.165) is 42.1 Å². The predicted octanol–water partition coefficient (Wildman–Crippen LogP) is 3.55. The molecule has 0 saturated heterocycles. The van der Waals surface area contributed by atoms with Crippen LogP contribution >= 0.6 is 0 Å². The number of carboxylic acids is 1. The molecular formula is C38H47N3O9. The van der Waals surface area contributed by atoms with E-state index in [-0.39, 0.29) is 36.4 Å². The van der Waals surface area contributed by atoms with E-state index in [2.05, 4.69) is 22.5 Å². The zero-order valence-corrected chi connectivity index (χ0v) is 28.7.